The van der Waals surface area contributed by atoms with Crippen molar-refractivity contribution in [1.82, 2.24) is 5.32 Å². The molecule has 2 rings (SSSR count). The molecule has 1 fully saturated rings. The van der Waals surface area contributed by atoms with Gasteiger partial charge in [0.25, 0.3) is 0 Å². The van der Waals surface area contributed by atoms with Gasteiger partial charge in [-0.1, -0.05) is 32.0 Å². The van der Waals surface area contributed by atoms with Crippen molar-refractivity contribution in [1.29, 1.82) is 0 Å². The van der Waals surface area contributed by atoms with Crippen LogP contribution in [0.3, 0.4) is 0 Å². The van der Waals surface area contributed by atoms with E-state index in [0.717, 1.165) is 19.0 Å². The number of rotatable bonds is 4. The Kier molecular flexibility index (Phi) is 3.41. The smallest absolute Gasteiger partial charge is 0.312 e. The summed E-state index contributed by atoms with van der Waals surface area (Å²) in [5.41, 5.74) is 0.146. The highest BCUT2D eigenvalue weighted by atomic mass is 19.4. The molecule has 1 atom stereocenters. The van der Waals surface area contributed by atoms with Gasteiger partial charge < -0.3 is 5.32 Å². The number of hydrogen-bond acceptors (Lipinski definition) is 1. The summed E-state index contributed by atoms with van der Waals surface area (Å²) in [6, 6.07) is 5.75. The van der Waals surface area contributed by atoms with E-state index in [2.05, 4.69) is 19.2 Å². The van der Waals surface area contributed by atoms with E-state index in [0.29, 0.717) is 16.9 Å². The van der Waals surface area contributed by atoms with Crippen LogP contribution in [0.4, 0.5) is 13.2 Å². The van der Waals surface area contributed by atoms with Gasteiger partial charge >= 0.3 is 6.18 Å². The highest BCUT2D eigenvalue weighted by molar-refractivity contribution is 5.29. The second kappa shape index (κ2) is 4.57. The molecule has 1 N–H and O–H groups in total. The number of alkyl halides is 3. The summed E-state index contributed by atoms with van der Waals surface area (Å²) in [6.07, 6.45) is -3.11. The predicted molar refractivity (Wildman–Crippen MR) is 65.0 cm³/mol. The predicted octanol–water partition coefficient (Wildman–Crippen LogP) is 3.84. The molecule has 1 aliphatic carbocycles. The van der Waals surface area contributed by atoms with Crippen LogP contribution in [0.25, 0.3) is 0 Å². The molecule has 1 aliphatic rings. The third-order valence-electron chi connectivity index (χ3n) is 3.75. The zero-order chi connectivity index (χ0) is 13.4. The maximum atomic E-state index is 12.7. The molecule has 0 heterocycles. The Hall–Kier alpha value is -1.03. The lowest BCUT2D eigenvalue weighted by Gasteiger charge is -2.13. The average molecular weight is 257 g/mol. The molecule has 0 bridgehead atoms. The summed E-state index contributed by atoms with van der Waals surface area (Å²) in [6.45, 7) is 5.44. The van der Waals surface area contributed by atoms with Crippen LogP contribution in [0.2, 0.25) is 0 Å². The number of nitrogens with one attached hydrogen (secondary N) is 1. The molecule has 0 spiro atoms. The Bertz CT molecular complexity index is 423. The lowest BCUT2D eigenvalue weighted by molar-refractivity contribution is -0.138. The van der Waals surface area contributed by atoms with Crippen molar-refractivity contribution in [2.75, 3.05) is 6.54 Å². The largest absolute Gasteiger partial charge is 0.416 e. The Balaban J connectivity index is 1.93. The first-order valence-corrected chi connectivity index (χ1v) is 6.16. The fraction of sp³-hybridized carbons (Fsp3) is 0.571. The third-order valence-corrected chi connectivity index (χ3v) is 3.75. The van der Waals surface area contributed by atoms with Crippen molar-refractivity contribution in [2.45, 2.75) is 33.0 Å². The molecule has 18 heavy (non-hydrogen) atoms. The van der Waals surface area contributed by atoms with Crippen LogP contribution in [-0.2, 0) is 12.7 Å². The average Bonchev–Trinajstić information content (AvgIpc) is 2.86. The maximum Gasteiger partial charge on any atom is 0.416 e. The third kappa shape index (κ3) is 3.05. The van der Waals surface area contributed by atoms with Crippen molar-refractivity contribution in [2.24, 2.45) is 11.3 Å². The monoisotopic (exact) mass is 257 g/mol. The van der Waals surface area contributed by atoms with Crippen molar-refractivity contribution in [3.63, 3.8) is 0 Å². The standard InChI is InChI=1S/C14H18F3N/c1-13(2)7-11(13)9-18-8-10-5-3-4-6-12(10)14(15,16)17/h3-6,11,18H,7-9H2,1-2H3. The molecule has 1 saturated carbocycles. The van der Waals surface area contributed by atoms with Crippen molar-refractivity contribution >= 4 is 0 Å². The molecule has 0 amide bonds. The molecule has 0 radical (unpaired) electrons. The first-order valence-electron chi connectivity index (χ1n) is 6.16. The summed E-state index contributed by atoms with van der Waals surface area (Å²) >= 11 is 0. The molecule has 1 unspecified atom stereocenters. The van der Waals surface area contributed by atoms with E-state index >= 15 is 0 Å². The quantitative estimate of drug-likeness (QED) is 0.864. The van der Waals surface area contributed by atoms with Crippen LogP contribution in [-0.4, -0.2) is 6.54 Å². The highest BCUT2D eigenvalue weighted by Gasteiger charge is 2.44. The SMILES string of the molecule is CC1(C)CC1CNCc1ccccc1C(F)(F)F. The molecule has 4 heteroatoms. The molecule has 1 aromatic rings. The van der Waals surface area contributed by atoms with Crippen LogP contribution >= 0.6 is 0 Å². The second-order valence-corrected chi connectivity index (χ2v) is 5.68. The van der Waals surface area contributed by atoms with E-state index < -0.39 is 11.7 Å². The van der Waals surface area contributed by atoms with Crippen molar-refractivity contribution in [3.8, 4) is 0 Å². The summed E-state index contributed by atoms with van der Waals surface area (Å²) in [7, 11) is 0. The Morgan fingerprint density at radius 2 is 1.89 bits per heavy atom. The van der Waals surface area contributed by atoms with Gasteiger partial charge in [0.2, 0.25) is 0 Å². The zero-order valence-corrected chi connectivity index (χ0v) is 10.6. The van der Waals surface area contributed by atoms with E-state index in [1.165, 1.54) is 12.1 Å². The molecule has 1 nitrogen and oxygen atoms in total. The van der Waals surface area contributed by atoms with Gasteiger partial charge in [0.1, 0.15) is 0 Å². The van der Waals surface area contributed by atoms with Crippen LogP contribution in [0.5, 0.6) is 0 Å². The topological polar surface area (TPSA) is 12.0 Å². The van der Waals surface area contributed by atoms with Gasteiger partial charge in [0, 0.05) is 6.54 Å². The lowest BCUT2D eigenvalue weighted by atomic mass is 10.1. The van der Waals surface area contributed by atoms with Crippen LogP contribution in [0.1, 0.15) is 31.4 Å². The number of benzene rings is 1. The molecular weight excluding hydrogens is 239 g/mol. The Morgan fingerprint density at radius 3 is 2.44 bits per heavy atom. The fourth-order valence-electron chi connectivity index (χ4n) is 2.26. The van der Waals surface area contributed by atoms with Gasteiger partial charge in [-0.05, 0) is 35.9 Å². The van der Waals surface area contributed by atoms with Crippen LogP contribution in [0.15, 0.2) is 24.3 Å². The zero-order valence-electron chi connectivity index (χ0n) is 10.6. The van der Waals surface area contributed by atoms with E-state index in [4.69, 9.17) is 0 Å². The number of halogens is 3. The minimum absolute atomic E-state index is 0.280. The fourth-order valence-corrected chi connectivity index (χ4v) is 2.26. The maximum absolute atomic E-state index is 12.7. The molecule has 0 aliphatic heterocycles. The van der Waals surface area contributed by atoms with Crippen molar-refractivity contribution < 1.29 is 13.2 Å². The van der Waals surface area contributed by atoms with Gasteiger partial charge in [-0.15, -0.1) is 0 Å². The minimum Gasteiger partial charge on any atom is -0.312 e. The van der Waals surface area contributed by atoms with Gasteiger partial charge in [0.15, 0.2) is 0 Å². The summed E-state index contributed by atoms with van der Waals surface area (Å²) in [5.74, 6) is 0.593. The Labute approximate surface area is 105 Å². The molecular formula is C14H18F3N. The normalized spacial score (nSPS) is 21.9. The first-order chi connectivity index (χ1) is 8.31. The van der Waals surface area contributed by atoms with Crippen LogP contribution < -0.4 is 5.32 Å². The summed E-state index contributed by atoms with van der Waals surface area (Å²) in [5, 5.41) is 3.13. The lowest BCUT2D eigenvalue weighted by Crippen LogP contribution is -2.20. The Morgan fingerprint density at radius 1 is 1.28 bits per heavy atom. The van der Waals surface area contributed by atoms with Gasteiger partial charge in [-0.25, -0.2) is 0 Å². The summed E-state index contributed by atoms with van der Waals surface area (Å²) in [4.78, 5) is 0. The van der Waals surface area contributed by atoms with Gasteiger partial charge in [0.05, 0.1) is 5.56 Å². The van der Waals surface area contributed by atoms with Gasteiger partial charge in [-0.2, -0.15) is 13.2 Å². The number of hydrogen-bond donors (Lipinski definition) is 1. The molecule has 0 aromatic heterocycles. The second-order valence-electron chi connectivity index (χ2n) is 5.68. The van der Waals surface area contributed by atoms with E-state index in [1.54, 1.807) is 6.07 Å². The van der Waals surface area contributed by atoms with Crippen molar-refractivity contribution in [3.05, 3.63) is 35.4 Å². The minimum atomic E-state index is -4.27. The van der Waals surface area contributed by atoms with Gasteiger partial charge in [-0.3, -0.25) is 0 Å². The molecule has 1 aromatic carbocycles. The first kappa shape index (κ1) is 13.4. The highest BCUT2D eigenvalue weighted by Crippen LogP contribution is 2.51. The van der Waals surface area contributed by atoms with E-state index in [9.17, 15) is 13.2 Å². The summed E-state index contributed by atoms with van der Waals surface area (Å²) < 4.78 is 38.2. The molecule has 0 saturated heterocycles. The van der Waals surface area contributed by atoms with Crippen LogP contribution in [0, 0.1) is 11.3 Å². The van der Waals surface area contributed by atoms with E-state index in [-0.39, 0.29) is 6.54 Å². The van der Waals surface area contributed by atoms with E-state index in [1.807, 2.05) is 0 Å². The molecule has 100 valence electrons.